The van der Waals surface area contributed by atoms with Crippen molar-refractivity contribution in [2.24, 2.45) is 0 Å². The number of terminal acetylenes is 1. The van der Waals surface area contributed by atoms with Crippen molar-refractivity contribution in [2.45, 2.75) is 12.2 Å². The summed E-state index contributed by atoms with van der Waals surface area (Å²) in [5.41, 5.74) is 1.97. The second-order valence-corrected chi connectivity index (χ2v) is 6.26. The first kappa shape index (κ1) is 14.9. The molecule has 5 heteroatoms. The number of hydrogen-bond donors (Lipinski definition) is 0. The molecular formula is C19H19N3O2. The van der Waals surface area contributed by atoms with E-state index in [1.165, 1.54) is 0 Å². The molecular weight excluding hydrogens is 302 g/mol. The van der Waals surface area contributed by atoms with Gasteiger partial charge >= 0.3 is 0 Å². The molecule has 0 spiro atoms. The molecule has 5 nitrogen and oxygen atoms in total. The van der Waals surface area contributed by atoms with Crippen molar-refractivity contribution in [3.63, 3.8) is 0 Å². The lowest BCUT2D eigenvalue weighted by atomic mass is 9.94. The first-order valence-corrected chi connectivity index (χ1v) is 7.95. The van der Waals surface area contributed by atoms with Crippen LogP contribution < -0.4 is 4.74 Å². The van der Waals surface area contributed by atoms with E-state index >= 15 is 0 Å². The summed E-state index contributed by atoms with van der Waals surface area (Å²) in [6.07, 6.45) is 5.63. The standard InChI is InChI=1S/C19H19N3O2/c1-4-15-7-10-17-18(23)22-12-11-20(2)19(22,13-21(15)17)14-5-8-16(24-3)9-6-14/h1,5-10H,11-13H2,2-3H3. The number of benzene rings is 1. The SMILES string of the molecule is C#Cc1ccc2n1CC1(c3ccc(OC)cc3)N(C)CCN1C2=O. The molecule has 2 aromatic rings. The fourth-order valence-electron chi connectivity index (χ4n) is 3.94. The number of ether oxygens (including phenoxy) is 1. The Morgan fingerprint density at radius 2 is 1.92 bits per heavy atom. The summed E-state index contributed by atoms with van der Waals surface area (Å²) in [6, 6.07) is 11.6. The van der Waals surface area contributed by atoms with Crippen molar-refractivity contribution in [1.82, 2.24) is 14.4 Å². The van der Waals surface area contributed by atoms with Gasteiger partial charge in [0, 0.05) is 13.1 Å². The van der Waals surface area contributed by atoms with Gasteiger partial charge in [0.1, 0.15) is 17.1 Å². The van der Waals surface area contributed by atoms with Crippen LogP contribution in [0.4, 0.5) is 0 Å². The third kappa shape index (κ3) is 1.78. The zero-order valence-corrected chi connectivity index (χ0v) is 13.8. The van der Waals surface area contributed by atoms with E-state index in [-0.39, 0.29) is 5.91 Å². The van der Waals surface area contributed by atoms with Crippen LogP contribution in [0.25, 0.3) is 0 Å². The number of methoxy groups -OCH3 is 1. The number of hydrogen-bond acceptors (Lipinski definition) is 3. The van der Waals surface area contributed by atoms with E-state index in [2.05, 4.69) is 17.9 Å². The van der Waals surface area contributed by atoms with E-state index in [0.29, 0.717) is 18.8 Å². The van der Waals surface area contributed by atoms with Crippen LogP contribution in [0.3, 0.4) is 0 Å². The molecule has 1 aromatic heterocycles. The van der Waals surface area contributed by atoms with Crippen molar-refractivity contribution in [3.8, 4) is 18.1 Å². The molecule has 1 amide bonds. The Kier molecular flexibility index (Phi) is 3.19. The lowest BCUT2D eigenvalue weighted by molar-refractivity contribution is -0.00143. The maximum Gasteiger partial charge on any atom is 0.272 e. The molecule has 1 aromatic carbocycles. The summed E-state index contributed by atoms with van der Waals surface area (Å²) >= 11 is 0. The highest BCUT2D eigenvalue weighted by molar-refractivity contribution is 5.95. The lowest BCUT2D eigenvalue weighted by Gasteiger charge is -2.46. The number of carbonyl (C=O) groups is 1. The average molecular weight is 321 g/mol. The Balaban J connectivity index is 1.90. The average Bonchev–Trinajstić information content (AvgIpc) is 3.17. The minimum atomic E-state index is -0.513. The summed E-state index contributed by atoms with van der Waals surface area (Å²) in [4.78, 5) is 17.3. The predicted molar refractivity (Wildman–Crippen MR) is 90.7 cm³/mol. The summed E-state index contributed by atoms with van der Waals surface area (Å²) in [6.45, 7) is 2.16. The molecule has 1 fully saturated rings. The Hall–Kier alpha value is -2.71. The van der Waals surface area contributed by atoms with E-state index in [1.54, 1.807) is 7.11 Å². The largest absolute Gasteiger partial charge is 0.497 e. The maximum atomic E-state index is 13.1. The second-order valence-electron chi connectivity index (χ2n) is 6.26. The van der Waals surface area contributed by atoms with Gasteiger partial charge in [0.25, 0.3) is 5.91 Å². The lowest BCUT2D eigenvalue weighted by Crippen LogP contribution is -2.58. The van der Waals surface area contributed by atoms with Crippen LogP contribution in [0.1, 0.15) is 21.7 Å². The number of nitrogens with zero attached hydrogens (tertiary/aromatic N) is 3. The van der Waals surface area contributed by atoms with Gasteiger partial charge in [0.05, 0.1) is 19.3 Å². The molecule has 122 valence electrons. The van der Waals surface area contributed by atoms with Crippen molar-refractivity contribution in [1.29, 1.82) is 0 Å². The van der Waals surface area contributed by atoms with Gasteiger partial charge in [0.2, 0.25) is 0 Å². The molecule has 0 radical (unpaired) electrons. The van der Waals surface area contributed by atoms with Crippen molar-refractivity contribution in [3.05, 3.63) is 53.3 Å². The number of amides is 1. The highest BCUT2D eigenvalue weighted by Gasteiger charge is 2.53. The zero-order chi connectivity index (χ0) is 16.9. The van der Waals surface area contributed by atoms with Crippen LogP contribution in [0.2, 0.25) is 0 Å². The van der Waals surface area contributed by atoms with Crippen molar-refractivity contribution in [2.75, 3.05) is 27.2 Å². The van der Waals surface area contributed by atoms with Gasteiger partial charge in [-0.15, -0.1) is 6.42 Å². The highest BCUT2D eigenvalue weighted by Crippen LogP contribution is 2.42. The molecule has 1 unspecified atom stereocenters. The second kappa shape index (κ2) is 5.15. The normalized spacial score (nSPS) is 22.9. The topological polar surface area (TPSA) is 37.7 Å². The molecule has 2 aliphatic rings. The number of rotatable bonds is 2. The first-order chi connectivity index (χ1) is 11.6. The minimum absolute atomic E-state index is 0.0305. The third-order valence-electron chi connectivity index (χ3n) is 5.26. The van der Waals surface area contributed by atoms with Gasteiger partial charge in [-0.05, 0) is 36.9 Å². The van der Waals surface area contributed by atoms with Crippen LogP contribution in [-0.2, 0) is 12.2 Å². The summed E-state index contributed by atoms with van der Waals surface area (Å²) in [5, 5.41) is 0. The molecule has 3 heterocycles. The minimum Gasteiger partial charge on any atom is -0.497 e. The van der Waals surface area contributed by atoms with Gasteiger partial charge in [-0.3, -0.25) is 9.69 Å². The summed E-state index contributed by atoms with van der Waals surface area (Å²) in [7, 11) is 3.71. The molecule has 24 heavy (non-hydrogen) atoms. The number of likely N-dealkylation sites (N-methyl/N-ethyl adjacent to an activating group) is 1. The van der Waals surface area contributed by atoms with Gasteiger partial charge in [-0.1, -0.05) is 18.1 Å². The molecule has 0 N–H and O–H groups in total. The Bertz CT molecular complexity index is 846. The zero-order valence-electron chi connectivity index (χ0n) is 13.8. The Morgan fingerprint density at radius 3 is 2.58 bits per heavy atom. The van der Waals surface area contributed by atoms with Gasteiger partial charge in [0.15, 0.2) is 0 Å². The van der Waals surface area contributed by atoms with E-state index in [4.69, 9.17) is 11.2 Å². The molecule has 1 atom stereocenters. The Morgan fingerprint density at radius 1 is 1.17 bits per heavy atom. The Labute approximate surface area is 141 Å². The van der Waals surface area contributed by atoms with Gasteiger partial charge in [-0.2, -0.15) is 0 Å². The number of aromatic nitrogens is 1. The maximum absolute atomic E-state index is 13.1. The number of carbonyl (C=O) groups excluding carboxylic acids is 1. The number of fused-ring (bicyclic) bond motifs is 2. The monoisotopic (exact) mass is 321 g/mol. The van der Waals surface area contributed by atoms with Crippen LogP contribution >= 0.6 is 0 Å². The molecule has 0 saturated carbocycles. The van der Waals surface area contributed by atoms with Crippen LogP contribution in [0, 0.1) is 12.3 Å². The predicted octanol–water partition coefficient (Wildman–Crippen LogP) is 1.73. The van der Waals surface area contributed by atoms with E-state index in [1.807, 2.05) is 45.9 Å². The molecule has 0 bridgehead atoms. The molecule has 2 aliphatic heterocycles. The fourth-order valence-corrected chi connectivity index (χ4v) is 3.94. The van der Waals surface area contributed by atoms with Crippen LogP contribution in [0.15, 0.2) is 36.4 Å². The van der Waals surface area contributed by atoms with E-state index in [9.17, 15) is 4.79 Å². The first-order valence-electron chi connectivity index (χ1n) is 7.95. The highest BCUT2D eigenvalue weighted by atomic mass is 16.5. The smallest absolute Gasteiger partial charge is 0.272 e. The van der Waals surface area contributed by atoms with E-state index in [0.717, 1.165) is 23.6 Å². The van der Waals surface area contributed by atoms with Crippen molar-refractivity contribution < 1.29 is 9.53 Å². The molecule has 0 aliphatic carbocycles. The van der Waals surface area contributed by atoms with E-state index < -0.39 is 5.66 Å². The summed E-state index contributed by atoms with van der Waals surface area (Å²) < 4.78 is 7.23. The van der Waals surface area contributed by atoms with Crippen molar-refractivity contribution >= 4 is 5.91 Å². The van der Waals surface area contributed by atoms with Crippen LogP contribution in [-0.4, -0.2) is 47.5 Å². The van der Waals surface area contributed by atoms with Gasteiger partial charge in [-0.25, -0.2) is 0 Å². The van der Waals surface area contributed by atoms with Gasteiger partial charge < -0.3 is 14.2 Å². The fraction of sp³-hybridized carbons (Fsp3) is 0.316. The molecule has 1 saturated heterocycles. The summed E-state index contributed by atoms with van der Waals surface area (Å²) in [5.74, 6) is 3.52. The van der Waals surface area contributed by atoms with Crippen LogP contribution in [0.5, 0.6) is 5.75 Å². The third-order valence-corrected chi connectivity index (χ3v) is 5.26. The molecule has 4 rings (SSSR count). The quantitative estimate of drug-likeness (QED) is 0.791.